The second-order valence-electron chi connectivity index (χ2n) is 8.39. The highest BCUT2D eigenvalue weighted by Gasteiger charge is 2.31. The van der Waals surface area contributed by atoms with Crippen LogP contribution in [-0.2, 0) is 27.4 Å². The first kappa shape index (κ1) is 22.9. The summed E-state index contributed by atoms with van der Waals surface area (Å²) in [5.41, 5.74) is 1.76. The molecule has 2 aromatic rings. The molecule has 1 saturated heterocycles. The lowest BCUT2D eigenvalue weighted by atomic mass is 10.1. The fourth-order valence-corrected chi connectivity index (χ4v) is 3.69. The van der Waals surface area contributed by atoms with Gasteiger partial charge in [0.05, 0.1) is 19.3 Å². The summed E-state index contributed by atoms with van der Waals surface area (Å²) in [7, 11) is 0. The van der Waals surface area contributed by atoms with E-state index in [-0.39, 0.29) is 36.9 Å². The van der Waals surface area contributed by atoms with Gasteiger partial charge < -0.3 is 14.5 Å². The van der Waals surface area contributed by atoms with Crippen LogP contribution in [0.4, 0.5) is 4.39 Å². The van der Waals surface area contributed by atoms with Crippen molar-refractivity contribution in [3.63, 3.8) is 0 Å². The number of hydrogen-bond donors (Lipinski definition) is 0. The third-order valence-electron chi connectivity index (χ3n) is 5.22. The molecule has 0 bridgehead atoms. The number of aromatic nitrogens is 1. The van der Waals surface area contributed by atoms with Gasteiger partial charge in [-0.3, -0.25) is 14.6 Å². The lowest BCUT2D eigenvalue weighted by molar-refractivity contribution is -0.139. The molecule has 3 rings (SSSR count). The van der Waals surface area contributed by atoms with Gasteiger partial charge in [0, 0.05) is 38.4 Å². The van der Waals surface area contributed by atoms with Crippen LogP contribution in [0.1, 0.15) is 31.4 Å². The van der Waals surface area contributed by atoms with Gasteiger partial charge >= 0.3 is 0 Å². The number of hydrogen-bond acceptors (Lipinski definition) is 4. The molecule has 1 aliphatic rings. The van der Waals surface area contributed by atoms with Crippen molar-refractivity contribution in [3.05, 3.63) is 65.7 Å². The quantitative estimate of drug-likeness (QED) is 0.650. The number of carbonyl (C=O) groups is 2. The van der Waals surface area contributed by atoms with E-state index in [1.165, 1.54) is 12.1 Å². The van der Waals surface area contributed by atoms with Gasteiger partial charge in [-0.05, 0) is 47.7 Å². The molecule has 2 heterocycles. The largest absolute Gasteiger partial charge is 0.370 e. The predicted molar refractivity (Wildman–Crippen MR) is 116 cm³/mol. The Kier molecular flexibility index (Phi) is 8.12. The molecular weight excluding hydrogens is 397 g/mol. The molecule has 0 N–H and O–H groups in total. The van der Waals surface area contributed by atoms with Crippen molar-refractivity contribution in [1.82, 2.24) is 14.8 Å². The number of ether oxygens (including phenoxy) is 1. The molecule has 1 aromatic heterocycles. The lowest BCUT2D eigenvalue weighted by Gasteiger charge is -2.26. The molecule has 0 unspecified atom stereocenters. The summed E-state index contributed by atoms with van der Waals surface area (Å²) < 4.78 is 19.5. The molecule has 1 fully saturated rings. The minimum atomic E-state index is -0.335. The van der Waals surface area contributed by atoms with Gasteiger partial charge in [0.15, 0.2) is 0 Å². The molecule has 0 aliphatic carbocycles. The molecule has 31 heavy (non-hydrogen) atoms. The highest BCUT2D eigenvalue weighted by atomic mass is 19.1. The number of benzene rings is 1. The van der Waals surface area contributed by atoms with E-state index in [1.54, 1.807) is 34.3 Å². The molecule has 2 amide bonds. The van der Waals surface area contributed by atoms with Crippen LogP contribution in [0, 0.1) is 11.7 Å². The number of aryl methyl sites for hydroxylation is 1. The summed E-state index contributed by atoms with van der Waals surface area (Å²) in [6, 6.07) is 10.0. The molecule has 1 atom stereocenters. The van der Waals surface area contributed by atoms with Crippen LogP contribution < -0.4 is 0 Å². The summed E-state index contributed by atoms with van der Waals surface area (Å²) in [5, 5.41) is 0. The minimum Gasteiger partial charge on any atom is -0.370 e. The zero-order valence-electron chi connectivity index (χ0n) is 18.2. The van der Waals surface area contributed by atoms with Gasteiger partial charge in [0.2, 0.25) is 11.8 Å². The number of halogens is 1. The second-order valence-corrected chi connectivity index (χ2v) is 8.39. The molecule has 1 aliphatic heterocycles. The summed E-state index contributed by atoms with van der Waals surface area (Å²) >= 11 is 0. The summed E-state index contributed by atoms with van der Waals surface area (Å²) in [5.74, 6) is -0.146. The second kappa shape index (κ2) is 11.0. The Morgan fingerprint density at radius 1 is 1.19 bits per heavy atom. The molecule has 0 saturated carbocycles. The number of carbonyl (C=O) groups excluding carboxylic acids is 2. The SMILES string of the molecule is CC(C)CN1C[C@@H](OCc2cccc(F)c2)CN(C(=O)CCc2ccncc2)CC1=O. The van der Waals surface area contributed by atoms with E-state index in [1.807, 2.05) is 12.1 Å². The number of nitrogens with zero attached hydrogens (tertiary/aromatic N) is 3. The molecule has 0 radical (unpaired) electrons. The van der Waals surface area contributed by atoms with Crippen molar-refractivity contribution >= 4 is 11.8 Å². The fourth-order valence-electron chi connectivity index (χ4n) is 3.69. The van der Waals surface area contributed by atoms with E-state index in [2.05, 4.69) is 18.8 Å². The van der Waals surface area contributed by atoms with E-state index in [9.17, 15) is 14.0 Å². The van der Waals surface area contributed by atoms with Crippen LogP contribution in [0.2, 0.25) is 0 Å². The number of pyridine rings is 1. The Morgan fingerprint density at radius 3 is 2.68 bits per heavy atom. The summed E-state index contributed by atoms with van der Waals surface area (Å²) in [4.78, 5) is 33.1. The third kappa shape index (κ3) is 7.14. The zero-order valence-corrected chi connectivity index (χ0v) is 18.2. The van der Waals surface area contributed by atoms with E-state index in [0.29, 0.717) is 38.4 Å². The van der Waals surface area contributed by atoms with E-state index in [0.717, 1.165) is 11.1 Å². The predicted octanol–water partition coefficient (Wildman–Crippen LogP) is 3.07. The highest BCUT2D eigenvalue weighted by molar-refractivity contribution is 5.85. The van der Waals surface area contributed by atoms with E-state index in [4.69, 9.17) is 4.74 Å². The molecular formula is C24H30FN3O3. The van der Waals surface area contributed by atoms with Gasteiger partial charge in [-0.15, -0.1) is 0 Å². The topological polar surface area (TPSA) is 62.7 Å². The maximum absolute atomic E-state index is 13.5. The van der Waals surface area contributed by atoms with Crippen molar-refractivity contribution < 1.29 is 18.7 Å². The zero-order chi connectivity index (χ0) is 22.2. The van der Waals surface area contributed by atoms with Crippen LogP contribution in [0.3, 0.4) is 0 Å². The van der Waals surface area contributed by atoms with Gasteiger partial charge in [-0.1, -0.05) is 26.0 Å². The fraction of sp³-hybridized carbons (Fsp3) is 0.458. The summed E-state index contributed by atoms with van der Waals surface area (Å²) in [6.07, 6.45) is 3.98. The molecule has 0 spiro atoms. The van der Waals surface area contributed by atoms with Crippen LogP contribution in [0.25, 0.3) is 0 Å². The third-order valence-corrected chi connectivity index (χ3v) is 5.22. The smallest absolute Gasteiger partial charge is 0.242 e. The monoisotopic (exact) mass is 427 g/mol. The molecule has 1 aromatic carbocycles. The maximum atomic E-state index is 13.5. The normalized spacial score (nSPS) is 17.2. The Hall–Kier alpha value is -2.80. The van der Waals surface area contributed by atoms with Crippen molar-refractivity contribution in [2.24, 2.45) is 5.92 Å². The van der Waals surface area contributed by atoms with Crippen LogP contribution in [0.15, 0.2) is 48.8 Å². The van der Waals surface area contributed by atoms with Gasteiger partial charge in [-0.25, -0.2) is 4.39 Å². The van der Waals surface area contributed by atoms with Crippen LogP contribution in [-0.4, -0.2) is 58.9 Å². The lowest BCUT2D eigenvalue weighted by Crippen LogP contribution is -2.40. The van der Waals surface area contributed by atoms with Crippen LogP contribution in [0.5, 0.6) is 0 Å². The van der Waals surface area contributed by atoms with E-state index >= 15 is 0 Å². The molecule has 166 valence electrons. The average Bonchev–Trinajstić information content (AvgIpc) is 2.90. The molecule has 7 heteroatoms. The van der Waals surface area contributed by atoms with Gasteiger partial charge in [0.25, 0.3) is 0 Å². The molecule has 6 nitrogen and oxygen atoms in total. The Balaban J connectivity index is 1.67. The van der Waals surface area contributed by atoms with Gasteiger partial charge in [0.1, 0.15) is 5.82 Å². The standard InChI is InChI=1S/C24H30FN3O3/c1-18(2)13-27-14-22(31-17-20-4-3-5-21(25)12-20)15-28(16-24(27)30)23(29)7-6-19-8-10-26-11-9-19/h3-5,8-12,18,22H,6-7,13-17H2,1-2H3/t22-/m1/s1. The summed E-state index contributed by atoms with van der Waals surface area (Å²) in [6.45, 7) is 5.76. The Bertz CT molecular complexity index is 875. The van der Waals surface area contributed by atoms with Gasteiger partial charge in [-0.2, -0.15) is 0 Å². The van der Waals surface area contributed by atoms with Crippen LogP contribution >= 0.6 is 0 Å². The number of rotatable bonds is 8. The highest BCUT2D eigenvalue weighted by Crippen LogP contribution is 2.15. The first-order valence-corrected chi connectivity index (χ1v) is 10.7. The Labute approximate surface area is 183 Å². The Morgan fingerprint density at radius 2 is 1.97 bits per heavy atom. The maximum Gasteiger partial charge on any atom is 0.242 e. The van der Waals surface area contributed by atoms with Crippen molar-refractivity contribution in [1.29, 1.82) is 0 Å². The first-order valence-electron chi connectivity index (χ1n) is 10.7. The van der Waals surface area contributed by atoms with Crippen molar-refractivity contribution in [3.8, 4) is 0 Å². The number of amides is 2. The van der Waals surface area contributed by atoms with Crippen molar-refractivity contribution in [2.75, 3.05) is 26.2 Å². The van der Waals surface area contributed by atoms with Crippen molar-refractivity contribution in [2.45, 2.75) is 39.4 Å². The first-order chi connectivity index (χ1) is 14.9. The van der Waals surface area contributed by atoms with E-state index < -0.39 is 0 Å². The minimum absolute atomic E-state index is 0.0573. The average molecular weight is 428 g/mol.